The van der Waals surface area contributed by atoms with Crippen molar-refractivity contribution in [2.45, 2.75) is 25.8 Å². The lowest BCUT2D eigenvalue weighted by Gasteiger charge is -2.30. The highest BCUT2D eigenvalue weighted by molar-refractivity contribution is 6.30. The summed E-state index contributed by atoms with van der Waals surface area (Å²) in [5.41, 5.74) is 0.676. The normalized spacial score (nSPS) is 19.4. The van der Waals surface area contributed by atoms with Crippen molar-refractivity contribution in [3.05, 3.63) is 34.9 Å². The molecule has 3 nitrogen and oxygen atoms in total. The Morgan fingerprint density at radius 2 is 2.00 bits per heavy atom. The number of nitrogens with zero attached hydrogens (tertiary/aromatic N) is 1. The summed E-state index contributed by atoms with van der Waals surface area (Å²) in [6.45, 7) is 6.74. The Morgan fingerprint density at radius 1 is 1.33 bits per heavy atom. The van der Waals surface area contributed by atoms with Crippen LogP contribution in [-0.4, -0.2) is 36.0 Å². The lowest BCUT2D eigenvalue weighted by atomic mass is 10.1. The number of carbonyl (C=O) groups is 1. The summed E-state index contributed by atoms with van der Waals surface area (Å²) in [5, 5.41) is 4.11. The SMILES string of the molecule is CC1(C)CN(C(=O)c2ccc(Cl)cc2)CCCN1. The number of hydrogen-bond donors (Lipinski definition) is 1. The van der Waals surface area contributed by atoms with Gasteiger partial charge < -0.3 is 10.2 Å². The molecule has 0 spiro atoms. The maximum atomic E-state index is 12.4. The van der Waals surface area contributed by atoms with Gasteiger partial charge in [-0.3, -0.25) is 4.79 Å². The summed E-state index contributed by atoms with van der Waals surface area (Å²) < 4.78 is 0. The van der Waals surface area contributed by atoms with Gasteiger partial charge in [0.05, 0.1) is 0 Å². The van der Waals surface area contributed by atoms with Gasteiger partial charge in [0.25, 0.3) is 5.91 Å². The molecule has 1 aliphatic rings. The molecule has 1 aromatic rings. The summed E-state index contributed by atoms with van der Waals surface area (Å²) in [5.74, 6) is 0.0865. The molecule has 0 radical (unpaired) electrons. The van der Waals surface area contributed by atoms with Crippen LogP contribution in [0.5, 0.6) is 0 Å². The molecule has 1 heterocycles. The first kappa shape index (κ1) is 13.4. The Kier molecular flexibility index (Phi) is 3.93. The second-order valence-electron chi connectivity index (χ2n) is 5.40. The quantitative estimate of drug-likeness (QED) is 0.847. The fourth-order valence-electron chi connectivity index (χ4n) is 2.26. The molecule has 2 rings (SSSR count). The topological polar surface area (TPSA) is 32.3 Å². The van der Waals surface area contributed by atoms with Gasteiger partial charge in [0.2, 0.25) is 0 Å². The number of benzene rings is 1. The Morgan fingerprint density at radius 3 is 2.67 bits per heavy atom. The average Bonchev–Trinajstić information content (AvgIpc) is 2.50. The van der Waals surface area contributed by atoms with E-state index in [1.165, 1.54) is 0 Å². The predicted octanol–water partition coefficient (Wildman–Crippen LogP) is 2.55. The van der Waals surface area contributed by atoms with Crippen molar-refractivity contribution in [3.8, 4) is 0 Å². The molecule has 1 saturated heterocycles. The zero-order valence-corrected chi connectivity index (χ0v) is 11.6. The molecule has 0 bridgehead atoms. The van der Waals surface area contributed by atoms with Crippen molar-refractivity contribution in [3.63, 3.8) is 0 Å². The van der Waals surface area contributed by atoms with E-state index in [4.69, 9.17) is 11.6 Å². The fraction of sp³-hybridized carbons (Fsp3) is 0.500. The minimum Gasteiger partial charge on any atom is -0.337 e. The highest BCUT2D eigenvalue weighted by atomic mass is 35.5. The first-order valence-corrected chi connectivity index (χ1v) is 6.66. The van der Waals surface area contributed by atoms with Crippen LogP contribution >= 0.6 is 11.6 Å². The van der Waals surface area contributed by atoms with Gasteiger partial charge in [0.15, 0.2) is 0 Å². The standard InChI is InChI=1S/C14H19ClN2O/c1-14(2)10-17(9-3-8-16-14)13(18)11-4-6-12(15)7-5-11/h4-7,16H,3,8-10H2,1-2H3. The van der Waals surface area contributed by atoms with Crippen molar-refractivity contribution in [1.82, 2.24) is 10.2 Å². The number of carbonyl (C=O) groups excluding carboxylic acids is 1. The molecule has 0 aromatic heterocycles. The third kappa shape index (κ3) is 3.24. The van der Waals surface area contributed by atoms with Crippen molar-refractivity contribution in [2.24, 2.45) is 0 Å². The van der Waals surface area contributed by atoms with Crippen molar-refractivity contribution in [1.29, 1.82) is 0 Å². The minimum absolute atomic E-state index is 0.0292. The maximum Gasteiger partial charge on any atom is 0.253 e. The van der Waals surface area contributed by atoms with E-state index in [0.717, 1.165) is 26.1 Å². The highest BCUT2D eigenvalue weighted by Crippen LogP contribution is 2.16. The molecule has 0 atom stereocenters. The summed E-state index contributed by atoms with van der Waals surface area (Å²) in [6, 6.07) is 7.10. The van der Waals surface area contributed by atoms with Crippen molar-refractivity contribution in [2.75, 3.05) is 19.6 Å². The highest BCUT2D eigenvalue weighted by Gasteiger charge is 2.27. The summed E-state index contributed by atoms with van der Waals surface area (Å²) in [6.07, 6.45) is 0.989. The zero-order chi connectivity index (χ0) is 13.2. The number of amides is 1. The maximum absolute atomic E-state index is 12.4. The second-order valence-corrected chi connectivity index (χ2v) is 5.83. The van der Waals surface area contributed by atoms with E-state index in [2.05, 4.69) is 19.2 Å². The molecule has 0 aliphatic carbocycles. The van der Waals surface area contributed by atoms with E-state index in [9.17, 15) is 4.79 Å². The van der Waals surface area contributed by atoms with Gasteiger partial charge in [-0.05, 0) is 51.1 Å². The summed E-state index contributed by atoms with van der Waals surface area (Å²) in [7, 11) is 0. The van der Waals surface area contributed by atoms with E-state index < -0.39 is 0 Å². The molecule has 1 fully saturated rings. The van der Waals surface area contributed by atoms with Gasteiger partial charge in [0, 0.05) is 29.2 Å². The minimum atomic E-state index is -0.0292. The van der Waals surface area contributed by atoms with Gasteiger partial charge in [-0.2, -0.15) is 0 Å². The Labute approximate surface area is 113 Å². The van der Waals surface area contributed by atoms with E-state index in [0.29, 0.717) is 10.6 Å². The van der Waals surface area contributed by atoms with Crippen LogP contribution in [0.25, 0.3) is 0 Å². The molecule has 0 unspecified atom stereocenters. The molecule has 18 heavy (non-hydrogen) atoms. The largest absolute Gasteiger partial charge is 0.337 e. The van der Waals surface area contributed by atoms with Gasteiger partial charge in [-0.1, -0.05) is 11.6 Å². The van der Waals surface area contributed by atoms with Crippen LogP contribution in [0.1, 0.15) is 30.6 Å². The number of nitrogens with one attached hydrogen (secondary N) is 1. The zero-order valence-electron chi connectivity index (χ0n) is 10.9. The molecule has 1 aromatic carbocycles. The smallest absolute Gasteiger partial charge is 0.253 e. The number of halogens is 1. The van der Waals surface area contributed by atoms with E-state index in [-0.39, 0.29) is 11.4 Å². The van der Waals surface area contributed by atoms with Crippen LogP contribution in [0, 0.1) is 0 Å². The van der Waals surface area contributed by atoms with Crippen LogP contribution in [0.15, 0.2) is 24.3 Å². The molecule has 4 heteroatoms. The van der Waals surface area contributed by atoms with E-state index in [1.54, 1.807) is 24.3 Å². The van der Waals surface area contributed by atoms with Gasteiger partial charge >= 0.3 is 0 Å². The van der Waals surface area contributed by atoms with Crippen LogP contribution in [0.4, 0.5) is 0 Å². The molecular weight excluding hydrogens is 248 g/mol. The van der Waals surface area contributed by atoms with Gasteiger partial charge in [-0.25, -0.2) is 0 Å². The monoisotopic (exact) mass is 266 g/mol. The second kappa shape index (κ2) is 5.29. The van der Waals surface area contributed by atoms with Crippen molar-refractivity contribution >= 4 is 17.5 Å². The van der Waals surface area contributed by atoms with Crippen molar-refractivity contribution < 1.29 is 4.79 Å². The molecule has 98 valence electrons. The molecule has 1 aliphatic heterocycles. The van der Waals surface area contributed by atoms with Crippen LogP contribution in [0.2, 0.25) is 5.02 Å². The van der Waals surface area contributed by atoms with Gasteiger partial charge in [-0.15, -0.1) is 0 Å². The van der Waals surface area contributed by atoms with E-state index in [1.807, 2.05) is 4.90 Å². The van der Waals surface area contributed by atoms with E-state index >= 15 is 0 Å². The van der Waals surface area contributed by atoms with Crippen LogP contribution in [0.3, 0.4) is 0 Å². The first-order chi connectivity index (χ1) is 8.48. The number of rotatable bonds is 1. The lowest BCUT2D eigenvalue weighted by molar-refractivity contribution is 0.0733. The lowest BCUT2D eigenvalue weighted by Crippen LogP contribution is -2.47. The third-order valence-corrected chi connectivity index (χ3v) is 3.42. The van der Waals surface area contributed by atoms with Crippen LogP contribution < -0.4 is 5.32 Å². The Bertz CT molecular complexity index is 428. The average molecular weight is 267 g/mol. The fourth-order valence-corrected chi connectivity index (χ4v) is 2.38. The van der Waals surface area contributed by atoms with Gasteiger partial charge in [0.1, 0.15) is 0 Å². The third-order valence-electron chi connectivity index (χ3n) is 3.17. The van der Waals surface area contributed by atoms with Crippen LogP contribution in [-0.2, 0) is 0 Å². The Balaban J connectivity index is 2.14. The molecular formula is C14H19ClN2O. The Hall–Kier alpha value is -1.06. The molecule has 1 amide bonds. The number of hydrogen-bond acceptors (Lipinski definition) is 2. The summed E-state index contributed by atoms with van der Waals surface area (Å²) in [4.78, 5) is 14.3. The summed E-state index contributed by atoms with van der Waals surface area (Å²) >= 11 is 5.84. The first-order valence-electron chi connectivity index (χ1n) is 6.28. The molecule has 0 saturated carbocycles. The molecule has 1 N–H and O–H groups in total. The predicted molar refractivity (Wildman–Crippen MR) is 74.1 cm³/mol.